The number of methoxy groups -OCH3 is 1. The third-order valence-corrected chi connectivity index (χ3v) is 7.82. The maximum Gasteiger partial charge on any atom is 0.244 e. The SMILES string of the molecule is COc1cccc(CN(C(=O)CN(c2ccc3c(c2)OCCO3)S(C)(=O)=O)[C@H](Cc2ccccc2)C(=O)NC(C)C)c1. The van der Waals surface area contributed by atoms with Crippen LogP contribution in [0.25, 0.3) is 0 Å². The van der Waals surface area contributed by atoms with Gasteiger partial charge in [-0.2, -0.15) is 0 Å². The molecule has 1 heterocycles. The van der Waals surface area contributed by atoms with Gasteiger partial charge in [0.2, 0.25) is 21.8 Å². The molecule has 1 N–H and O–H groups in total. The summed E-state index contributed by atoms with van der Waals surface area (Å²) in [6.07, 6.45) is 1.27. The Labute approximate surface area is 247 Å². The molecule has 0 aromatic heterocycles. The zero-order chi connectivity index (χ0) is 30.3. The number of nitrogens with zero attached hydrogens (tertiary/aromatic N) is 2. The molecule has 2 amide bonds. The molecule has 1 atom stereocenters. The van der Waals surface area contributed by atoms with E-state index >= 15 is 0 Å². The number of ether oxygens (including phenoxy) is 3. The maximum absolute atomic E-state index is 14.2. The van der Waals surface area contributed by atoms with E-state index in [1.165, 1.54) is 4.90 Å². The van der Waals surface area contributed by atoms with Gasteiger partial charge in [-0.3, -0.25) is 13.9 Å². The zero-order valence-electron chi connectivity index (χ0n) is 24.3. The van der Waals surface area contributed by atoms with Crippen LogP contribution >= 0.6 is 0 Å². The molecular formula is C31H37N3O7S. The fourth-order valence-corrected chi connectivity index (χ4v) is 5.54. The molecule has 0 saturated carbocycles. The van der Waals surface area contributed by atoms with Crippen molar-refractivity contribution in [3.8, 4) is 17.2 Å². The van der Waals surface area contributed by atoms with Crippen LogP contribution < -0.4 is 23.8 Å². The summed E-state index contributed by atoms with van der Waals surface area (Å²) in [5.41, 5.74) is 1.84. The Morgan fingerprint density at radius 1 is 0.929 bits per heavy atom. The molecule has 0 aliphatic carbocycles. The number of hydrogen-bond acceptors (Lipinski definition) is 7. The van der Waals surface area contributed by atoms with Crippen molar-refractivity contribution in [1.82, 2.24) is 10.2 Å². The predicted octanol–water partition coefficient (Wildman–Crippen LogP) is 3.40. The minimum atomic E-state index is -3.91. The van der Waals surface area contributed by atoms with Gasteiger partial charge in [0.05, 0.1) is 19.1 Å². The fraction of sp³-hybridized carbons (Fsp3) is 0.355. The number of anilines is 1. The van der Waals surface area contributed by atoms with Crippen LogP contribution in [0.3, 0.4) is 0 Å². The molecule has 10 nitrogen and oxygen atoms in total. The Hall–Kier alpha value is -4.25. The van der Waals surface area contributed by atoms with E-state index in [0.29, 0.717) is 30.5 Å². The second kappa shape index (κ2) is 13.6. The van der Waals surface area contributed by atoms with Gasteiger partial charge in [0.25, 0.3) is 0 Å². The number of carbonyl (C=O) groups is 2. The van der Waals surface area contributed by atoms with Crippen LogP contribution in [0.2, 0.25) is 0 Å². The number of carbonyl (C=O) groups excluding carboxylic acids is 2. The van der Waals surface area contributed by atoms with Gasteiger partial charge in [-0.25, -0.2) is 8.42 Å². The van der Waals surface area contributed by atoms with Crippen LogP contribution in [-0.4, -0.2) is 70.3 Å². The Morgan fingerprint density at radius 3 is 2.29 bits per heavy atom. The highest BCUT2D eigenvalue weighted by Crippen LogP contribution is 2.35. The number of rotatable bonds is 12. The Bertz CT molecular complexity index is 1500. The molecule has 0 fully saturated rings. The van der Waals surface area contributed by atoms with E-state index in [0.717, 1.165) is 21.7 Å². The summed E-state index contributed by atoms with van der Waals surface area (Å²) in [5.74, 6) is 0.609. The molecule has 0 unspecified atom stereocenters. The first-order valence-electron chi connectivity index (χ1n) is 13.7. The highest BCUT2D eigenvalue weighted by Gasteiger charge is 2.33. The van der Waals surface area contributed by atoms with Gasteiger partial charge in [-0.15, -0.1) is 0 Å². The van der Waals surface area contributed by atoms with E-state index in [1.54, 1.807) is 43.5 Å². The highest BCUT2D eigenvalue weighted by atomic mass is 32.2. The summed E-state index contributed by atoms with van der Waals surface area (Å²) < 4.78 is 43.7. The number of nitrogens with one attached hydrogen (secondary N) is 1. The molecule has 0 radical (unpaired) electrons. The fourth-order valence-electron chi connectivity index (χ4n) is 4.70. The van der Waals surface area contributed by atoms with E-state index in [4.69, 9.17) is 14.2 Å². The first-order valence-corrected chi connectivity index (χ1v) is 15.5. The molecule has 3 aromatic rings. The lowest BCUT2D eigenvalue weighted by Gasteiger charge is -2.34. The minimum Gasteiger partial charge on any atom is -0.497 e. The van der Waals surface area contributed by atoms with E-state index in [-0.39, 0.29) is 30.6 Å². The van der Waals surface area contributed by atoms with Crippen LogP contribution in [0, 0.1) is 0 Å². The largest absolute Gasteiger partial charge is 0.497 e. The van der Waals surface area contributed by atoms with Gasteiger partial charge >= 0.3 is 0 Å². The molecule has 3 aromatic carbocycles. The molecule has 1 aliphatic heterocycles. The topological polar surface area (TPSA) is 114 Å². The van der Waals surface area contributed by atoms with Gasteiger partial charge in [0, 0.05) is 25.1 Å². The standard InChI is InChI=1S/C31H37N3O7S/c1-22(2)32-31(36)27(18-23-9-6-5-7-10-23)33(20-24-11-8-12-26(17-24)39-3)30(35)21-34(42(4,37)38)25-13-14-28-29(19-25)41-16-15-40-28/h5-14,17,19,22,27H,15-16,18,20-21H2,1-4H3,(H,32,36)/t27-/m1/s1. The number of sulfonamides is 1. The third kappa shape index (κ3) is 7.94. The molecule has 1 aliphatic rings. The molecule has 0 bridgehead atoms. The van der Waals surface area contributed by atoms with Crippen molar-refractivity contribution in [2.45, 2.75) is 38.9 Å². The van der Waals surface area contributed by atoms with E-state index in [1.807, 2.05) is 50.2 Å². The first kappa shape index (κ1) is 30.7. The summed E-state index contributed by atoms with van der Waals surface area (Å²) >= 11 is 0. The maximum atomic E-state index is 14.2. The first-order chi connectivity index (χ1) is 20.0. The zero-order valence-corrected chi connectivity index (χ0v) is 25.1. The summed E-state index contributed by atoms with van der Waals surface area (Å²) in [5, 5.41) is 2.94. The molecule has 224 valence electrons. The van der Waals surface area contributed by atoms with Crippen LogP contribution in [0.4, 0.5) is 5.69 Å². The van der Waals surface area contributed by atoms with Gasteiger partial charge in [-0.1, -0.05) is 42.5 Å². The average molecular weight is 596 g/mol. The Kier molecular flexibility index (Phi) is 9.95. The van der Waals surface area contributed by atoms with Crippen molar-refractivity contribution >= 4 is 27.5 Å². The molecule has 0 saturated heterocycles. The summed E-state index contributed by atoms with van der Waals surface area (Å²) in [6.45, 7) is 3.94. The smallest absolute Gasteiger partial charge is 0.244 e. The second-order valence-corrected chi connectivity index (χ2v) is 12.2. The average Bonchev–Trinajstić information content (AvgIpc) is 2.97. The molecular weight excluding hydrogens is 558 g/mol. The van der Waals surface area contributed by atoms with Crippen molar-refractivity contribution in [3.05, 3.63) is 83.9 Å². The van der Waals surface area contributed by atoms with Gasteiger partial charge in [0.1, 0.15) is 31.5 Å². The highest BCUT2D eigenvalue weighted by molar-refractivity contribution is 7.92. The normalized spacial score (nSPS) is 13.3. The summed E-state index contributed by atoms with van der Waals surface area (Å²) in [7, 11) is -2.36. The minimum absolute atomic E-state index is 0.0534. The van der Waals surface area contributed by atoms with Crippen LogP contribution in [0.15, 0.2) is 72.8 Å². The van der Waals surface area contributed by atoms with Crippen LogP contribution in [0.5, 0.6) is 17.2 Å². The predicted molar refractivity (Wildman–Crippen MR) is 160 cm³/mol. The van der Waals surface area contributed by atoms with Crippen molar-refractivity contribution in [3.63, 3.8) is 0 Å². The lowest BCUT2D eigenvalue weighted by Crippen LogP contribution is -2.54. The molecule has 4 rings (SSSR count). The number of hydrogen-bond donors (Lipinski definition) is 1. The Balaban J connectivity index is 1.74. The van der Waals surface area contributed by atoms with Crippen molar-refractivity contribution < 1.29 is 32.2 Å². The van der Waals surface area contributed by atoms with Gasteiger partial charge < -0.3 is 24.4 Å². The van der Waals surface area contributed by atoms with E-state index in [9.17, 15) is 18.0 Å². The van der Waals surface area contributed by atoms with Crippen LogP contribution in [-0.2, 0) is 32.6 Å². The lowest BCUT2D eigenvalue weighted by molar-refractivity contribution is -0.140. The number of benzene rings is 3. The van der Waals surface area contributed by atoms with Crippen molar-refractivity contribution in [2.24, 2.45) is 0 Å². The second-order valence-electron chi connectivity index (χ2n) is 10.3. The summed E-state index contributed by atoms with van der Waals surface area (Å²) in [6, 6.07) is 20.2. The quantitative estimate of drug-likeness (QED) is 0.341. The summed E-state index contributed by atoms with van der Waals surface area (Å²) in [4.78, 5) is 29.3. The van der Waals surface area contributed by atoms with E-state index in [2.05, 4.69) is 5.32 Å². The Morgan fingerprint density at radius 2 is 1.62 bits per heavy atom. The monoisotopic (exact) mass is 595 g/mol. The van der Waals surface area contributed by atoms with Crippen molar-refractivity contribution in [1.29, 1.82) is 0 Å². The molecule has 11 heteroatoms. The lowest BCUT2D eigenvalue weighted by atomic mass is 10.0. The van der Waals surface area contributed by atoms with Crippen LogP contribution in [0.1, 0.15) is 25.0 Å². The van der Waals surface area contributed by atoms with E-state index < -0.39 is 28.5 Å². The number of amides is 2. The van der Waals surface area contributed by atoms with Gasteiger partial charge in [-0.05, 0) is 49.2 Å². The van der Waals surface area contributed by atoms with Gasteiger partial charge in [0.15, 0.2) is 11.5 Å². The number of fused-ring (bicyclic) bond motifs is 1. The molecule has 0 spiro atoms. The molecule has 42 heavy (non-hydrogen) atoms. The third-order valence-electron chi connectivity index (χ3n) is 6.68. The van der Waals surface area contributed by atoms with Crippen molar-refractivity contribution in [2.75, 3.05) is 37.4 Å².